The van der Waals surface area contributed by atoms with E-state index in [0.29, 0.717) is 49.6 Å². The molecule has 8 nitrogen and oxygen atoms in total. The number of sulfone groups is 2. The monoisotopic (exact) mass is 609 g/mol. The van der Waals surface area contributed by atoms with Gasteiger partial charge in [-0.3, -0.25) is 9.59 Å². The van der Waals surface area contributed by atoms with Crippen LogP contribution in [0.5, 0.6) is 0 Å². The van der Waals surface area contributed by atoms with Crippen LogP contribution < -0.4 is 0 Å². The largest absolute Gasteiger partial charge is 0.416 e. The number of halogens is 6. The van der Waals surface area contributed by atoms with Crippen molar-refractivity contribution in [1.29, 1.82) is 0 Å². The molecule has 1 aliphatic rings. The summed E-state index contributed by atoms with van der Waals surface area (Å²) in [7, 11) is -8.89. The van der Waals surface area contributed by atoms with Gasteiger partial charge in [0, 0.05) is 29.6 Å². The summed E-state index contributed by atoms with van der Waals surface area (Å²) in [5.41, 5.74) is -5.73. The van der Waals surface area contributed by atoms with Crippen molar-refractivity contribution >= 4 is 31.2 Å². The van der Waals surface area contributed by atoms with Crippen LogP contribution in [0, 0.1) is 0 Å². The summed E-state index contributed by atoms with van der Waals surface area (Å²) in [6, 6.07) is 2.60. The lowest BCUT2D eigenvalue weighted by Gasteiger charge is -2.13. The van der Waals surface area contributed by atoms with E-state index in [2.05, 4.69) is 5.16 Å². The lowest BCUT2D eigenvalue weighted by atomic mass is 9.95. The molecule has 0 aliphatic heterocycles. The van der Waals surface area contributed by atoms with E-state index in [9.17, 15) is 52.8 Å². The van der Waals surface area contributed by atoms with Crippen molar-refractivity contribution in [2.45, 2.75) is 40.9 Å². The molecular weight excluding hydrogens is 592 g/mol. The van der Waals surface area contributed by atoms with Crippen LogP contribution in [0.3, 0.4) is 0 Å². The van der Waals surface area contributed by atoms with Crippen molar-refractivity contribution in [1.82, 2.24) is 5.16 Å². The highest BCUT2D eigenvalue weighted by molar-refractivity contribution is 7.91. The first kappa shape index (κ1) is 29.5. The first-order chi connectivity index (χ1) is 18.2. The first-order valence-corrected chi connectivity index (χ1v) is 14.9. The molecular formula is C24H17F6NO7S2. The molecule has 16 heteroatoms. The van der Waals surface area contributed by atoms with Gasteiger partial charge in [-0.25, -0.2) is 16.8 Å². The number of carbonyl (C=O) groups excluding carboxylic acids is 2. The summed E-state index contributed by atoms with van der Waals surface area (Å²) in [4.78, 5) is 25.1. The second-order valence-electron chi connectivity index (χ2n) is 9.16. The zero-order valence-corrected chi connectivity index (χ0v) is 22.0. The maximum atomic E-state index is 13.6. The average molecular weight is 610 g/mol. The van der Waals surface area contributed by atoms with Gasteiger partial charge < -0.3 is 4.52 Å². The van der Waals surface area contributed by atoms with E-state index in [-0.39, 0.29) is 17.9 Å². The number of carbonyl (C=O) groups is 2. The van der Waals surface area contributed by atoms with Gasteiger partial charge in [0.1, 0.15) is 0 Å². The first-order valence-electron chi connectivity index (χ1n) is 11.1. The zero-order chi connectivity index (χ0) is 30.0. The Balaban J connectivity index is 1.93. The van der Waals surface area contributed by atoms with Crippen molar-refractivity contribution in [2.75, 3.05) is 12.5 Å². The molecule has 0 unspecified atom stereocenters. The van der Waals surface area contributed by atoms with E-state index in [1.807, 2.05) is 0 Å². The smallest absolute Gasteiger partial charge is 0.360 e. The van der Waals surface area contributed by atoms with Gasteiger partial charge in [0.15, 0.2) is 36.9 Å². The van der Waals surface area contributed by atoms with Gasteiger partial charge in [-0.05, 0) is 49.2 Å². The number of alkyl halides is 6. The zero-order valence-electron chi connectivity index (χ0n) is 20.3. The SMILES string of the molecule is CS(=O)(=O)c1cc(C(F)(F)F)ccc1C(=O)c1noc(C2CC2)c1C(=O)c1ccc(C(F)(F)F)cc1S(C)(=O)=O. The average Bonchev–Trinajstić information content (AvgIpc) is 3.58. The molecule has 0 atom stereocenters. The molecule has 40 heavy (non-hydrogen) atoms. The topological polar surface area (TPSA) is 128 Å². The van der Waals surface area contributed by atoms with E-state index < -0.39 is 92.8 Å². The van der Waals surface area contributed by atoms with Crippen LogP contribution in [0.2, 0.25) is 0 Å². The third-order valence-electron chi connectivity index (χ3n) is 6.01. The van der Waals surface area contributed by atoms with Gasteiger partial charge in [-0.15, -0.1) is 0 Å². The standard InChI is InChI=1S/C24H17F6NO7S2/c1-39(34,35)16-9-12(23(25,26)27)5-7-14(16)20(32)18-19(31-38-22(18)11-3-4-11)21(33)15-8-6-13(24(28,29)30)10-17(15)40(2,36)37/h5-11H,3-4H2,1-2H3. The van der Waals surface area contributed by atoms with Crippen molar-refractivity contribution in [3.8, 4) is 0 Å². The molecule has 0 N–H and O–H groups in total. The number of rotatable bonds is 7. The summed E-state index contributed by atoms with van der Waals surface area (Å²) in [6.07, 6.45) is -7.89. The van der Waals surface area contributed by atoms with E-state index in [0.717, 1.165) is 0 Å². The van der Waals surface area contributed by atoms with Gasteiger partial charge in [-0.2, -0.15) is 26.3 Å². The molecule has 1 saturated carbocycles. The maximum Gasteiger partial charge on any atom is 0.416 e. The van der Waals surface area contributed by atoms with Crippen LogP contribution in [-0.2, 0) is 32.0 Å². The van der Waals surface area contributed by atoms with Crippen molar-refractivity contribution < 1.29 is 57.3 Å². The number of aromatic nitrogens is 1. The minimum Gasteiger partial charge on any atom is -0.360 e. The fraction of sp³-hybridized carbons (Fsp3) is 0.292. The van der Waals surface area contributed by atoms with Crippen molar-refractivity contribution in [2.24, 2.45) is 0 Å². The Morgan fingerprint density at radius 1 is 0.775 bits per heavy atom. The summed E-state index contributed by atoms with van der Waals surface area (Å²) in [5, 5.41) is 3.55. The fourth-order valence-electron chi connectivity index (χ4n) is 3.95. The van der Waals surface area contributed by atoms with E-state index in [4.69, 9.17) is 4.52 Å². The molecule has 1 aliphatic carbocycles. The van der Waals surface area contributed by atoms with Gasteiger partial charge in [0.25, 0.3) is 0 Å². The van der Waals surface area contributed by atoms with Crippen LogP contribution in [0.1, 0.15) is 67.6 Å². The third kappa shape index (κ3) is 5.68. The highest BCUT2D eigenvalue weighted by Gasteiger charge is 2.40. The second kappa shape index (κ2) is 9.54. The predicted molar refractivity (Wildman–Crippen MR) is 124 cm³/mol. The van der Waals surface area contributed by atoms with Crippen molar-refractivity contribution in [3.63, 3.8) is 0 Å². The highest BCUT2D eigenvalue weighted by atomic mass is 32.2. The maximum absolute atomic E-state index is 13.6. The molecule has 2 aromatic carbocycles. The number of ketones is 2. The molecule has 1 fully saturated rings. The molecule has 3 aromatic rings. The lowest BCUT2D eigenvalue weighted by Crippen LogP contribution is -2.18. The van der Waals surface area contributed by atoms with Crippen LogP contribution in [0.15, 0.2) is 50.7 Å². The molecule has 0 amide bonds. The molecule has 214 valence electrons. The number of benzene rings is 2. The quantitative estimate of drug-likeness (QED) is 0.275. The Hall–Kier alpha value is -3.53. The van der Waals surface area contributed by atoms with Gasteiger partial charge in [0.05, 0.1) is 26.5 Å². The van der Waals surface area contributed by atoms with Crippen LogP contribution in [0.25, 0.3) is 0 Å². The van der Waals surface area contributed by atoms with E-state index in [1.54, 1.807) is 0 Å². The molecule has 4 rings (SSSR count). The number of hydrogen-bond acceptors (Lipinski definition) is 8. The summed E-state index contributed by atoms with van der Waals surface area (Å²) < 4.78 is 134. The Morgan fingerprint density at radius 2 is 1.20 bits per heavy atom. The minimum absolute atomic E-state index is 0.194. The predicted octanol–water partition coefficient (Wildman–Crippen LogP) is 4.86. The van der Waals surface area contributed by atoms with Crippen molar-refractivity contribution in [3.05, 3.63) is 75.7 Å². The third-order valence-corrected chi connectivity index (χ3v) is 8.29. The van der Waals surface area contributed by atoms with E-state index in [1.165, 1.54) is 0 Å². The molecule has 0 radical (unpaired) electrons. The van der Waals surface area contributed by atoms with Crippen LogP contribution >= 0.6 is 0 Å². The Labute approximate surface area is 222 Å². The van der Waals surface area contributed by atoms with Crippen LogP contribution in [0.4, 0.5) is 26.3 Å². The van der Waals surface area contributed by atoms with Gasteiger partial charge in [0.2, 0.25) is 5.78 Å². The summed E-state index contributed by atoms with van der Waals surface area (Å²) in [6.45, 7) is 0. The highest BCUT2D eigenvalue weighted by Crippen LogP contribution is 2.44. The molecule has 1 heterocycles. The van der Waals surface area contributed by atoms with Gasteiger partial charge in [-0.1, -0.05) is 5.16 Å². The number of nitrogens with zero attached hydrogens (tertiary/aromatic N) is 1. The normalized spacial score (nSPS) is 14.8. The van der Waals surface area contributed by atoms with E-state index >= 15 is 0 Å². The molecule has 1 aromatic heterocycles. The Bertz CT molecular complexity index is 1770. The van der Waals surface area contributed by atoms with Crippen LogP contribution in [-0.4, -0.2) is 46.1 Å². The van der Waals surface area contributed by atoms with Gasteiger partial charge >= 0.3 is 12.4 Å². The Kier molecular flexibility index (Phi) is 7.02. The fourth-order valence-corrected chi connectivity index (χ4v) is 5.75. The second-order valence-corrected chi connectivity index (χ2v) is 13.1. The molecule has 0 bridgehead atoms. The number of hydrogen-bond donors (Lipinski definition) is 0. The summed E-state index contributed by atoms with van der Waals surface area (Å²) in [5.74, 6) is -3.25. The Morgan fingerprint density at radius 3 is 1.57 bits per heavy atom. The summed E-state index contributed by atoms with van der Waals surface area (Å²) >= 11 is 0. The lowest BCUT2D eigenvalue weighted by molar-refractivity contribution is -0.138. The minimum atomic E-state index is -4.96. The molecule has 0 spiro atoms. The molecule has 0 saturated heterocycles.